The molecule has 0 radical (unpaired) electrons. The Balaban J connectivity index is 1.33. The average Bonchev–Trinajstić information content (AvgIpc) is 3.67. The molecule has 46 heavy (non-hydrogen) atoms. The van der Waals surface area contributed by atoms with E-state index in [1.165, 1.54) is 17.7 Å². The molecule has 6 rings (SSSR count). The second-order valence-corrected chi connectivity index (χ2v) is 11.3. The van der Waals surface area contributed by atoms with Crippen molar-refractivity contribution >= 4 is 5.95 Å². The van der Waals surface area contributed by atoms with E-state index < -0.39 is 0 Å². The third kappa shape index (κ3) is 7.19. The number of aromatic nitrogens is 4. The molecule has 0 amide bonds. The van der Waals surface area contributed by atoms with Crippen LogP contribution < -0.4 is 14.8 Å². The summed E-state index contributed by atoms with van der Waals surface area (Å²) >= 11 is 0. The van der Waals surface area contributed by atoms with Crippen LogP contribution in [0.3, 0.4) is 0 Å². The summed E-state index contributed by atoms with van der Waals surface area (Å²) in [7, 11) is 5.08. The molecule has 1 aliphatic rings. The van der Waals surface area contributed by atoms with Gasteiger partial charge < -0.3 is 24.1 Å². The highest BCUT2D eigenvalue weighted by Gasteiger charge is 2.32. The molecule has 3 heterocycles. The van der Waals surface area contributed by atoms with Crippen LogP contribution in [-0.2, 0) is 24.2 Å². The number of halogens is 1. The molecule has 1 N–H and O–H groups in total. The maximum atomic E-state index is 14.0. The molecule has 9 nitrogen and oxygen atoms in total. The number of hydrogen-bond donors (Lipinski definition) is 1. The zero-order valence-electron chi connectivity index (χ0n) is 26.4. The first kappa shape index (κ1) is 31.2. The lowest BCUT2D eigenvalue weighted by Gasteiger charge is -2.27. The fourth-order valence-electron chi connectivity index (χ4n) is 5.98. The molecule has 0 spiro atoms. The summed E-state index contributed by atoms with van der Waals surface area (Å²) < 4.78 is 32.5. The number of hydrogen-bond acceptors (Lipinski definition) is 8. The zero-order valence-corrected chi connectivity index (χ0v) is 26.4. The first-order chi connectivity index (χ1) is 22.5. The predicted octanol–water partition coefficient (Wildman–Crippen LogP) is 6.41. The minimum Gasteiger partial charge on any atom is -0.497 e. The Labute approximate surface area is 269 Å². The highest BCUT2D eigenvalue weighted by atomic mass is 19.1. The Bertz CT molecular complexity index is 1740. The number of methoxy groups -OCH3 is 3. The zero-order chi connectivity index (χ0) is 31.9. The highest BCUT2D eigenvalue weighted by molar-refractivity contribution is 5.78. The van der Waals surface area contributed by atoms with Gasteiger partial charge in [-0.05, 0) is 72.1 Å². The molecule has 3 aromatic carbocycles. The number of rotatable bonds is 14. The van der Waals surface area contributed by atoms with Crippen molar-refractivity contribution in [2.24, 2.45) is 0 Å². The molecular weight excluding hydrogens is 583 g/mol. The van der Waals surface area contributed by atoms with E-state index in [4.69, 9.17) is 24.2 Å². The van der Waals surface area contributed by atoms with Crippen LogP contribution in [0.25, 0.3) is 22.6 Å². The molecule has 1 atom stereocenters. The number of nitrogens with zero attached hydrogens (tertiary/aromatic N) is 5. The second kappa shape index (κ2) is 14.5. The lowest BCUT2D eigenvalue weighted by molar-refractivity contribution is 0.134. The largest absolute Gasteiger partial charge is 0.497 e. The van der Waals surface area contributed by atoms with Gasteiger partial charge in [-0.15, -0.1) is 0 Å². The first-order valence-corrected chi connectivity index (χ1v) is 15.5. The average molecular weight is 623 g/mol. The van der Waals surface area contributed by atoms with E-state index in [0.29, 0.717) is 19.1 Å². The van der Waals surface area contributed by atoms with Crippen molar-refractivity contribution in [1.29, 1.82) is 0 Å². The molecule has 0 bridgehead atoms. The van der Waals surface area contributed by atoms with Crippen LogP contribution >= 0.6 is 0 Å². The van der Waals surface area contributed by atoms with Gasteiger partial charge in [0.25, 0.3) is 0 Å². The summed E-state index contributed by atoms with van der Waals surface area (Å²) in [5, 5.41) is 3.36. The normalized spacial score (nSPS) is 14.0. The van der Waals surface area contributed by atoms with Gasteiger partial charge in [-0.2, -0.15) is 0 Å². The number of imidazole rings is 1. The van der Waals surface area contributed by atoms with E-state index >= 15 is 0 Å². The van der Waals surface area contributed by atoms with Crippen molar-refractivity contribution in [3.63, 3.8) is 0 Å². The molecule has 0 fully saturated rings. The maximum absolute atomic E-state index is 14.0. The van der Waals surface area contributed by atoms with E-state index in [0.717, 1.165) is 78.0 Å². The van der Waals surface area contributed by atoms with Gasteiger partial charge in [0.05, 0.1) is 37.9 Å². The fraction of sp³-hybridized carbons (Fsp3) is 0.306. The molecule has 0 saturated heterocycles. The van der Waals surface area contributed by atoms with Crippen LogP contribution in [0.5, 0.6) is 11.5 Å². The number of nitrogens with one attached hydrogen (secondary N) is 1. The number of ether oxygens (including phenoxy) is 3. The van der Waals surface area contributed by atoms with Crippen LogP contribution in [0.4, 0.5) is 10.3 Å². The lowest BCUT2D eigenvalue weighted by Crippen LogP contribution is -2.32. The molecular formula is C36H39FN6O3. The van der Waals surface area contributed by atoms with E-state index in [2.05, 4.69) is 31.9 Å². The predicted molar refractivity (Wildman–Crippen MR) is 176 cm³/mol. The van der Waals surface area contributed by atoms with Crippen molar-refractivity contribution in [3.8, 4) is 34.1 Å². The van der Waals surface area contributed by atoms with E-state index in [9.17, 15) is 4.39 Å². The third-order valence-electron chi connectivity index (χ3n) is 8.30. The van der Waals surface area contributed by atoms with Crippen LogP contribution in [0.2, 0.25) is 0 Å². The van der Waals surface area contributed by atoms with Gasteiger partial charge in [0.2, 0.25) is 5.95 Å². The highest BCUT2D eigenvalue weighted by Crippen LogP contribution is 2.39. The SMILES string of the molecule is COCCN(Cc1cccc(OC)c1)CC1CCc2nc(-c3ccc(F)cc3)c(-c3ccnc(NCc4ccc(OC)cc4)n3)n21. The number of aryl methyl sites for hydroxylation is 1. The molecule has 1 unspecified atom stereocenters. The first-order valence-electron chi connectivity index (χ1n) is 15.5. The van der Waals surface area contributed by atoms with Crippen molar-refractivity contribution in [3.05, 3.63) is 108 Å². The standard InChI is InChI=1S/C36H39FN6O3/c1-44-20-19-42(23-26-5-4-6-31(21-26)46-3)24-29-13-16-33-41-34(27-9-11-28(37)12-10-27)35(43(29)33)32-17-18-38-36(40-32)39-22-25-7-14-30(45-2)15-8-25/h4-12,14-15,17-18,21,29H,13,16,19-20,22-24H2,1-3H3,(H,38,39,40). The lowest BCUT2D eigenvalue weighted by atomic mass is 10.1. The number of anilines is 1. The van der Waals surface area contributed by atoms with E-state index in [1.54, 1.807) is 39.7 Å². The summed E-state index contributed by atoms with van der Waals surface area (Å²) in [5.74, 6) is 2.88. The smallest absolute Gasteiger partial charge is 0.223 e. The monoisotopic (exact) mass is 622 g/mol. The van der Waals surface area contributed by atoms with Gasteiger partial charge in [-0.1, -0.05) is 24.3 Å². The quantitative estimate of drug-likeness (QED) is 0.152. The Morgan fingerprint density at radius 2 is 1.72 bits per heavy atom. The van der Waals surface area contributed by atoms with Gasteiger partial charge in [-0.25, -0.2) is 19.3 Å². The van der Waals surface area contributed by atoms with Gasteiger partial charge in [0.15, 0.2) is 0 Å². The van der Waals surface area contributed by atoms with Crippen LogP contribution in [0.15, 0.2) is 85.1 Å². The van der Waals surface area contributed by atoms with Gasteiger partial charge in [-0.3, -0.25) is 4.90 Å². The second-order valence-electron chi connectivity index (χ2n) is 11.3. The summed E-state index contributed by atoms with van der Waals surface area (Å²) in [6.45, 7) is 3.52. The molecule has 238 valence electrons. The Kier molecular flexibility index (Phi) is 9.85. The van der Waals surface area contributed by atoms with Crippen LogP contribution in [0.1, 0.15) is 29.4 Å². The molecule has 10 heteroatoms. The summed E-state index contributed by atoms with van der Waals surface area (Å²) in [6.07, 6.45) is 3.56. The Morgan fingerprint density at radius 3 is 2.48 bits per heavy atom. The minimum absolute atomic E-state index is 0.153. The summed E-state index contributed by atoms with van der Waals surface area (Å²) in [4.78, 5) is 17.0. The third-order valence-corrected chi connectivity index (χ3v) is 8.30. The van der Waals surface area contributed by atoms with Crippen molar-refractivity contribution in [2.45, 2.75) is 32.0 Å². The van der Waals surface area contributed by atoms with Gasteiger partial charge in [0.1, 0.15) is 23.1 Å². The molecule has 5 aromatic rings. The van der Waals surface area contributed by atoms with Gasteiger partial charge in [0, 0.05) is 57.5 Å². The molecule has 1 aliphatic heterocycles. The van der Waals surface area contributed by atoms with E-state index in [-0.39, 0.29) is 11.9 Å². The van der Waals surface area contributed by atoms with Gasteiger partial charge >= 0.3 is 0 Å². The van der Waals surface area contributed by atoms with Crippen molar-refractivity contribution in [1.82, 2.24) is 24.4 Å². The maximum Gasteiger partial charge on any atom is 0.223 e. The molecule has 2 aromatic heterocycles. The Hall–Kier alpha value is -4.80. The topological polar surface area (TPSA) is 86.6 Å². The Morgan fingerprint density at radius 1 is 0.913 bits per heavy atom. The van der Waals surface area contributed by atoms with Crippen molar-refractivity contribution < 1.29 is 18.6 Å². The summed E-state index contributed by atoms with van der Waals surface area (Å²) in [5.41, 5.74) is 5.56. The number of benzene rings is 3. The summed E-state index contributed by atoms with van der Waals surface area (Å²) in [6, 6.07) is 24.7. The number of fused-ring (bicyclic) bond motifs is 1. The fourth-order valence-corrected chi connectivity index (χ4v) is 5.98. The molecule has 0 saturated carbocycles. The van der Waals surface area contributed by atoms with Crippen LogP contribution in [0, 0.1) is 5.82 Å². The molecule has 0 aliphatic carbocycles. The van der Waals surface area contributed by atoms with Crippen molar-refractivity contribution in [2.75, 3.05) is 46.3 Å². The van der Waals surface area contributed by atoms with Crippen LogP contribution in [-0.4, -0.2) is 65.4 Å². The minimum atomic E-state index is -0.284. The van der Waals surface area contributed by atoms with E-state index in [1.807, 2.05) is 42.5 Å².